The zero-order valence-corrected chi connectivity index (χ0v) is 18.3. The molecule has 0 bridgehead atoms. The van der Waals surface area contributed by atoms with Crippen molar-refractivity contribution in [1.29, 1.82) is 0 Å². The highest BCUT2D eigenvalue weighted by molar-refractivity contribution is 5.76. The van der Waals surface area contributed by atoms with Gasteiger partial charge in [0.05, 0.1) is 13.2 Å². The maximum atomic E-state index is 12.6. The number of amides is 1. The molecule has 162 valence electrons. The molecule has 4 nitrogen and oxygen atoms in total. The summed E-state index contributed by atoms with van der Waals surface area (Å²) in [5, 5.41) is 3.10. The summed E-state index contributed by atoms with van der Waals surface area (Å²) in [6, 6.07) is 19.0. The molecule has 0 radical (unpaired) electrons. The molecule has 1 fully saturated rings. The van der Waals surface area contributed by atoms with E-state index in [-0.39, 0.29) is 5.91 Å². The molecule has 1 aliphatic rings. The first-order valence-corrected chi connectivity index (χ1v) is 11.5. The van der Waals surface area contributed by atoms with Crippen LogP contribution in [-0.4, -0.2) is 32.2 Å². The zero-order chi connectivity index (χ0) is 21.0. The van der Waals surface area contributed by atoms with Gasteiger partial charge in [-0.1, -0.05) is 68.7 Å². The van der Waals surface area contributed by atoms with Gasteiger partial charge in [-0.3, -0.25) is 4.79 Å². The summed E-state index contributed by atoms with van der Waals surface area (Å²) in [6.07, 6.45) is 6.31. The van der Waals surface area contributed by atoms with Gasteiger partial charge in [0.15, 0.2) is 0 Å². The van der Waals surface area contributed by atoms with Crippen LogP contribution in [0.4, 0.5) is 5.69 Å². The van der Waals surface area contributed by atoms with E-state index in [1.807, 2.05) is 18.2 Å². The van der Waals surface area contributed by atoms with Gasteiger partial charge in [-0.05, 0) is 42.0 Å². The molecule has 1 heterocycles. The van der Waals surface area contributed by atoms with Crippen LogP contribution in [0.15, 0.2) is 54.6 Å². The highest BCUT2D eigenvalue weighted by atomic mass is 16.5. The van der Waals surface area contributed by atoms with Crippen molar-refractivity contribution in [2.24, 2.45) is 5.92 Å². The fourth-order valence-electron chi connectivity index (χ4n) is 4.09. The van der Waals surface area contributed by atoms with Gasteiger partial charge in [-0.2, -0.15) is 0 Å². The highest BCUT2D eigenvalue weighted by Crippen LogP contribution is 2.22. The van der Waals surface area contributed by atoms with Crippen LogP contribution < -0.4 is 10.2 Å². The van der Waals surface area contributed by atoms with E-state index in [0.29, 0.717) is 18.9 Å². The average molecular weight is 409 g/mol. The Kier molecular flexibility index (Phi) is 9.23. The third kappa shape index (κ3) is 7.49. The molecule has 1 N–H and O–H groups in total. The van der Waals surface area contributed by atoms with Gasteiger partial charge in [0.1, 0.15) is 0 Å². The van der Waals surface area contributed by atoms with Crippen LogP contribution >= 0.6 is 0 Å². The number of rotatable bonds is 11. The Morgan fingerprint density at radius 3 is 2.43 bits per heavy atom. The molecular weight excluding hydrogens is 372 g/mol. The number of morpholine rings is 1. The van der Waals surface area contributed by atoms with Crippen molar-refractivity contribution in [1.82, 2.24) is 5.32 Å². The number of ether oxygens (including phenoxy) is 1. The van der Waals surface area contributed by atoms with Crippen molar-refractivity contribution in [3.63, 3.8) is 0 Å². The smallest absolute Gasteiger partial charge is 0.220 e. The molecule has 0 aromatic heterocycles. The van der Waals surface area contributed by atoms with E-state index in [4.69, 9.17) is 4.74 Å². The molecule has 1 amide bonds. The maximum Gasteiger partial charge on any atom is 0.220 e. The summed E-state index contributed by atoms with van der Waals surface area (Å²) in [6.45, 7) is 6.36. The monoisotopic (exact) mass is 408 g/mol. The van der Waals surface area contributed by atoms with E-state index in [9.17, 15) is 4.79 Å². The van der Waals surface area contributed by atoms with Crippen molar-refractivity contribution in [2.75, 3.05) is 31.2 Å². The van der Waals surface area contributed by atoms with Crippen LogP contribution in [0.2, 0.25) is 0 Å². The Labute approximate surface area is 181 Å². The van der Waals surface area contributed by atoms with Crippen LogP contribution in [0.1, 0.15) is 50.2 Å². The van der Waals surface area contributed by atoms with E-state index >= 15 is 0 Å². The molecule has 1 atom stereocenters. The van der Waals surface area contributed by atoms with Crippen molar-refractivity contribution in [3.8, 4) is 0 Å². The first-order valence-electron chi connectivity index (χ1n) is 11.5. The van der Waals surface area contributed by atoms with E-state index in [0.717, 1.165) is 44.7 Å². The lowest BCUT2D eigenvalue weighted by Gasteiger charge is -2.29. The van der Waals surface area contributed by atoms with E-state index in [1.165, 1.54) is 30.5 Å². The maximum absolute atomic E-state index is 12.6. The normalized spacial score (nSPS) is 15.0. The Bertz CT molecular complexity index is 739. The van der Waals surface area contributed by atoms with E-state index in [2.05, 4.69) is 53.5 Å². The fourth-order valence-corrected chi connectivity index (χ4v) is 4.09. The van der Waals surface area contributed by atoms with Crippen LogP contribution in [0.3, 0.4) is 0 Å². The van der Waals surface area contributed by atoms with Gasteiger partial charge in [0, 0.05) is 31.7 Å². The second kappa shape index (κ2) is 12.4. The second-order valence-corrected chi connectivity index (χ2v) is 8.30. The lowest BCUT2D eigenvalue weighted by atomic mass is 9.90. The van der Waals surface area contributed by atoms with E-state index < -0.39 is 0 Å². The van der Waals surface area contributed by atoms with Gasteiger partial charge in [0.2, 0.25) is 5.91 Å². The molecule has 2 aromatic rings. The lowest BCUT2D eigenvalue weighted by molar-refractivity contribution is -0.122. The fraction of sp³-hybridized carbons (Fsp3) is 0.500. The molecule has 0 aliphatic carbocycles. The number of nitrogens with one attached hydrogen (secondary N) is 1. The summed E-state index contributed by atoms with van der Waals surface area (Å²) in [5.74, 6) is 0.548. The Balaban J connectivity index is 1.53. The lowest BCUT2D eigenvalue weighted by Crippen LogP contribution is -2.36. The number of carbonyl (C=O) groups is 1. The molecule has 1 saturated heterocycles. The van der Waals surface area contributed by atoms with Crippen molar-refractivity contribution in [3.05, 3.63) is 65.7 Å². The predicted octanol–water partition coefficient (Wildman–Crippen LogP) is 4.97. The Hall–Kier alpha value is -2.33. The number of hydrogen-bond donors (Lipinski definition) is 1. The van der Waals surface area contributed by atoms with Gasteiger partial charge in [-0.15, -0.1) is 0 Å². The molecule has 2 aromatic carbocycles. The number of carbonyl (C=O) groups excluding carboxylic acids is 1. The first kappa shape index (κ1) is 22.4. The third-order valence-electron chi connectivity index (χ3n) is 5.86. The number of nitrogens with zero attached hydrogens (tertiary/aromatic N) is 1. The van der Waals surface area contributed by atoms with Crippen LogP contribution in [0.5, 0.6) is 0 Å². The van der Waals surface area contributed by atoms with Gasteiger partial charge >= 0.3 is 0 Å². The average Bonchev–Trinajstić information content (AvgIpc) is 2.79. The van der Waals surface area contributed by atoms with Crippen LogP contribution in [-0.2, 0) is 22.5 Å². The molecule has 0 spiro atoms. The summed E-state index contributed by atoms with van der Waals surface area (Å²) in [7, 11) is 0. The molecular formula is C26H36N2O2. The molecule has 3 rings (SSSR count). The molecule has 0 saturated carbocycles. The number of hydrogen-bond acceptors (Lipinski definition) is 3. The SMILES string of the molecule is CCCCCC(CC(=O)NCc1ccccc1)Cc1ccc(N2CCOCC2)cc1. The van der Waals surface area contributed by atoms with Gasteiger partial charge in [0.25, 0.3) is 0 Å². The largest absolute Gasteiger partial charge is 0.378 e. The minimum Gasteiger partial charge on any atom is -0.378 e. The minimum absolute atomic E-state index is 0.158. The minimum atomic E-state index is 0.158. The molecule has 1 unspecified atom stereocenters. The standard InChI is InChI=1S/C26H36N2O2/c1-2-3-5-10-24(20-26(29)27-21-23-8-6-4-7-9-23)19-22-11-13-25(14-12-22)28-15-17-30-18-16-28/h4,6-9,11-14,24H,2-3,5,10,15-21H2,1H3,(H,27,29). The third-order valence-corrected chi connectivity index (χ3v) is 5.86. The zero-order valence-electron chi connectivity index (χ0n) is 18.3. The number of unbranched alkanes of at least 4 members (excludes halogenated alkanes) is 2. The second-order valence-electron chi connectivity index (χ2n) is 8.30. The number of benzene rings is 2. The summed E-state index contributed by atoms with van der Waals surface area (Å²) < 4.78 is 5.45. The quantitative estimate of drug-likeness (QED) is 0.534. The summed E-state index contributed by atoms with van der Waals surface area (Å²) in [5.41, 5.74) is 3.74. The van der Waals surface area contributed by atoms with Crippen LogP contribution in [0, 0.1) is 5.92 Å². The number of anilines is 1. The van der Waals surface area contributed by atoms with Crippen molar-refractivity contribution in [2.45, 2.75) is 52.0 Å². The molecule has 1 aliphatic heterocycles. The van der Waals surface area contributed by atoms with E-state index in [1.54, 1.807) is 0 Å². The molecule has 30 heavy (non-hydrogen) atoms. The topological polar surface area (TPSA) is 41.6 Å². The molecule has 4 heteroatoms. The summed E-state index contributed by atoms with van der Waals surface area (Å²) >= 11 is 0. The first-order chi connectivity index (χ1) is 14.7. The highest BCUT2D eigenvalue weighted by Gasteiger charge is 2.16. The summed E-state index contributed by atoms with van der Waals surface area (Å²) in [4.78, 5) is 15.0. The van der Waals surface area contributed by atoms with Crippen molar-refractivity contribution >= 4 is 11.6 Å². The van der Waals surface area contributed by atoms with Crippen LogP contribution in [0.25, 0.3) is 0 Å². The van der Waals surface area contributed by atoms with Gasteiger partial charge < -0.3 is 15.0 Å². The predicted molar refractivity (Wildman–Crippen MR) is 124 cm³/mol. The Morgan fingerprint density at radius 1 is 1.00 bits per heavy atom. The van der Waals surface area contributed by atoms with Gasteiger partial charge in [-0.25, -0.2) is 0 Å². The Morgan fingerprint density at radius 2 is 1.73 bits per heavy atom. The van der Waals surface area contributed by atoms with Crippen molar-refractivity contribution < 1.29 is 9.53 Å².